The highest BCUT2D eigenvalue weighted by Crippen LogP contribution is 2.34. The maximum absolute atomic E-state index is 13.5. The molecule has 0 radical (unpaired) electrons. The first kappa shape index (κ1) is 23.1. The summed E-state index contributed by atoms with van der Waals surface area (Å²) in [7, 11) is 0. The van der Waals surface area contributed by atoms with Crippen LogP contribution in [0.15, 0.2) is 30.7 Å². The van der Waals surface area contributed by atoms with Crippen molar-refractivity contribution in [2.24, 2.45) is 0 Å². The molecule has 1 atom stereocenters. The third kappa shape index (κ3) is 4.98. The number of halogens is 1. The van der Waals surface area contributed by atoms with E-state index < -0.39 is 6.17 Å². The molecule has 2 N–H and O–H groups in total. The van der Waals surface area contributed by atoms with E-state index in [4.69, 9.17) is 0 Å². The number of pyridine rings is 2. The smallest absolute Gasteiger partial charge is 0.227 e. The van der Waals surface area contributed by atoms with Gasteiger partial charge < -0.3 is 20.2 Å². The maximum Gasteiger partial charge on any atom is 0.227 e. The van der Waals surface area contributed by atoms with E-state index in [-0.39, 0.29) is 12.5 Å². The van der Waals surface area contributed by atoms with Crippen molar-refractivity contribution in [3.8, 4) is 0 Å². The summed E-state index contributed by atoms with van der Waals surface area (Å²) in [6.45, 7) is 8.67. The second kappa shape index (κ2) is 10.2. The molecule has 4 rings (SSSR count). The van der Waals surface area contributed by atoms with Crippen LogP contribution in [0.25, 0.3) is 10.8 Å². The van der Waals surface area contributed by atoms with Crippen LogP contribution in [0.3, 0.4) is 0 Å². The number of fused-ring (bicyclic) bond motifs is 1. The summed E-state index contributed by atoms with van der Waals surface area (Å²) in [6, 6.07) is 3.77. The molecule has 3 aromatic heterocycles. The molecule has 1 saturated heterocycles. The number of aromatic nitrogens is 4. The number of alkyl halides is 1. The van der Waals surface area contributed by atoms with E-state index in [1.807, 2.05) is 24.0 Å². The Kier molecular flexibility index (Phi) is 7.17. The van der Waals surface area contributed by atoms with Gasteiger partial charge in [0.05, 0.1) is 13.1 Å². The Balaban J connectivity index is 1.65. The fourth-order valence-corrected chi connectivity index (χ4v) is 4.00. The highest BCUT2D eigenvalue weighted by molar-refractivity contribution is 5.96. The third-order valence-corrected chi connectivity index (χ3v) is 6.07. The lowest BCUT2D eigenvalue weighted by Crippen LogP contribution is -2.49. The van der Waals surface area contributed by atoms with Gasteiger partial charge in [-0.25, -0.2) is 19.3 Å². The Morgan fingerprint density at radius 2 is 2.00 bits per heavy atom. The lowest BCUT2D eigenvalue weighted by molar-refractivity contribution is 0.272. The minimum absolute atomic E-state index is 0.0113. The Labute approximate surface area is 193 Å². The van der Waals surface area contributed by atoms with Gasteiger partial charge in [-0.3, -0.25) is 0 Å². The molecule has 33 heavy (non-hydrogen) atoms. The molecule has 8 nitrogen and oxygen atoms in total. The fraction of sp³-hybridized carbons (Fsp3) is 0.500. The number of unbranched alkanes of at least 4 members (excludes halogenated alkanes) is 1. The Hall–Kier alpha value is -3.07. The molecule has 1 unspecified atom stereocenters. The van der Waals surface area contributed by atoms with Gasteiger partial charge in [0.25, 0.3) is 0 Å². The monoisotopic (exact) mass is 453 g/mol. The van der Waals surface area contributed by atoms with E-state index in [2.05, 4.69) is 44.0 Å². The lowest BCUT2D eigenvalue weighted by Gasteiger charge is -2.36. The van der Waals surface area contributed by atoms with Crippen molar-refractivity contribution in [1.29, 1.82) is 0 Å². The fourth-order valence-electron chi connectivity index (χ4n) is 4.00. The number of hydrogen-bond donors (Lipinski definition) is 2. The van der Waals surface area contributed by atoms with Gasteiger partial charge >= 0.3 is 0 Å². The highest BCUT2D eigenvalue weighted by atomic mass is 19.1. The normalized spacial score (nSPS) is 14.9. The van der Waals surface area contributed by atoms with Crippen LogP contribution in [0.4, 0.5) is 27.8 Å². The molecule has 1 aliphatic heterocycles. The minimum atomic E-state index is -0.821. The van der Waals surface area contributed by atoms with Crippen molar-refractivity contribution in [2.75, 3.05) is 47.9 Å². The van der Waals surface area contributed by atoms with Crippen LogP contribution in [0.1, 0.15) is 45.1 Å². The van der Waals surface area contributed by atoms with Gasteiger partial charge in [0.15, 0.2) is 0 Å². The summed E-state index contributed by atoms with van der Waals surface area (Å²) >= 11 is 0. The predicted octanol–water partition coefficient (Wildman–Crippen LogP) is 4.04. The van der Waals surface area contributed by atoms with E-state index in [9.17, 15) is 9.50 Å². The number of aliphatic hydroxyl groups is 1. The van der Waals surface area contributed by atoms with Crippen molar-refractivity contribution in [2.45, 2.75) is 45.7 Å². The molecule has 0 aromatic carbocycles. The summed E-state index contributed by atoms with van der Waals surface area (Å²) in [6.07, 6.45) is 6.68. The summed E-state index contributed by atoms with van der Waals surface area (Å²) in [5.74, 6) is 2.63. The molecule has 0 bridgehead atoms. The summed E-state index contributed by atoms with van der Waals surface area (Å²) < 4.78 is 13.5. The zero-order valence-electron chi connectivity index (χ0n) is 19.5. The van der Waals surface area contributed by atoms with Crippen molar-refractivity contribution >= 4 is 34.2 Å². The van der Waals surface area contributed by atoms with Crippen LogP contribution in [-0.4, -0.2) is 64.0 Å². The highest BCUT2D eigenvalue weighted by Gasteiger charge is 2.29. The second-order valence-electron chi connectivity index (χ2n) is 8.54. The maximum atomic E-state index is 13.5. The Bertz CT molecular complexity index is 1090. The Morgan fingerprint density at radius 3 is 2.70 bits per heavy atom. The van der Waals surface area contributed by atoms with Crippen molar-refractivity contribution in [1.82, 2.24) is 19.9 Å². The first-order valence-electron chi connectivity index (χ1n) is 11.7. The lowest BCUT2D eigenvalue weighted by atomic mass is 9.97. The van der Waals surface area contributed by atoms with E-state index in [0.717, 1.165) is 48.1 Å². The molecule has 4 heterocycles. The quantitative estimate of drug-likeness (QED) is 0.475. The van der Waals surface area contributed by atoms with E-state index in [0.29, 0.717) is 30.7 Å². The molecular weight excluding hydrogens is 421 g/mol. The largest absolute Gasteiger partial charge is 0.396 e. The number of aliphatic hydroxyl groups excluding tert-OH is 1. The summed E-state index contributed by atoms with van der Waals surface area (Å²) in [4.78, 5) is 22.4. The van der Waals surface area contributed by atoms with Gasteiger partial charge in [-0.1, -0.05) is 20.3 Å². The van der Waals surface area contributed by atoms with Gasteiger partial charge in [-0.2, -0.15) is 4.98 Å². The standard InChI is InChI=1S/C24H32FN7O/c1-4-6-9-31(5-2)24-26-8-7-21(30-24)29-22-10-18-19(16(3)15-33)11-28-23(20(18)12-27-22)32-13-17(25)14-32/h7-8,10-12,16-17,33H,4-6,9,13-15H2,1-3H3,(H,26,27,29,30). The average molecular weight is 454 g/mol. The molecule has 0 amide bonds. The van der Waals surface area contributed by atoms with Crippen LogP contribution in [-0.2, 0) is 0 Å². The Morgan fingerprint density at radius 1 is 1.18 bits per heavy atom. The van der Waals surface area contributed by atoms with E-state index in [1.54, 1.807) is 18.6 Å². The number of anilines is 4. The van der Waals surface area contributed by atoms with E-state index >= 15 is 0 Å². The van der Waals surface area contributed by atoms with Crippen molar-refractivity contribution < 1.29 is 9.50 Å². The molecule has 0 spiro atoms. The number of nitrogens with one attached hydrogen (secondary N) is 1. The van der Waals surface area contributed by atoms with Crippen LogP contribution in [0, 0.1) is 0 Å². The molecule has 3 aromatic rings. The topological polar surface area (TPSA) is 90.3 Å². The molecule has 1 aliphatic rings. The first-order valence-corrected chi connectivity index (χ1v) is 11.7. The van der Waals surface area contributed by atoms with Crippen LogP contribution in [0.5, 0.6) is 0 Å². The van der Waals surface area contributed by atoms with Gasteiger partial charge in [0, 0.05) is 49.6 Å². The van der Waals surface area contributed by atoms with Crippen LogP contribution >= 0.6 is 0 Å². The summed E-state index contributed by atoms with van der Waals surface area (Å²) in [5.41, 5.74) is 0.930. The molecule has 0 aliphatic carbocycles. The number of rotatable bonds is 10. The van der Waals surface area contributed by atoms with Gasteiger partial charge in [-0.05, 0) is 36.4 Å². The first-order chi connectivity index (χ1) is 16.0. The summed E-state index contributed by atoms with van der Waals surface area (Å²) in [5, 5.41) is 14.8. The van der Waals surface area contributed by atoms with E-state index in [1.165, 1.54) is 0 Å². The SMILES string of the molecule is CCCCN(CC)c1nccc(Nc2cc3c(C(C)CO)cnc(N4CC(F)C4)c3cn2)n1. The zero-order valence-corrected chi connectivity index (χ0v) is 19.5. The average Bonchev–Trinajstić information content (AvgIpc) is 2.81. The minimum Gasteiger partial charge on any atom is -0.396 e. The predicted molar refractivity (Wildman–Crippen MR) is 130 cm³/mol. The molecule has 176 valence electrons. The zero-order chi connectivity index (χ0) is 23.4. The third-order valence-electron chi connectivity index (χ3n) is 6.07. The van der Waals surface area contributed by atoms with Gasteiger partial charge in [-0.15, -0.1) is 0 Å². The van der Waals surface area contributed by atoms with Crippen molar-refractivity contribution in [3.05, 3.63) is 36.3 Å². The molecule has 9 heteroatoms. The van der Waals surface area contributed by atoms with Crippen LogP contribution in [0.2, 0.25) is 0 Å². The van der Waals surface area contributed by atoms with Gasteiger partial charge in [0.1, 0.15) is 23.6 Å². The van der Waals surface area contributed by atoms with Gasteiger partial charge in [0.2, 0.25) is 5.95 Å². The van der Waals surface area contributed by atoms with Crippen molar-refractivity contribution in [3.63, 3.8) is 0 Å². The second-order valence-corrected chi connectivity index (χ2v) is 8.54. The molecule has 0 saturated carbocycles. The number of nitrogens with zero attached hydrogens (tertiary/aromatic N) is 6. The van der Waals surface area contributed by atoms with Crippen LogP contribution < -0.4 is 15.1 Å². The molecule has 1 fully saturated rings. The number of hydrogen-bond acceptors (Lipinski definition) is 8. The molecular formula is C24H32FN7O.